The number of nitrogens with zero attached hydrogens (tertiary/aromatic N) is 3. The van der Waals surface area contributed by atoms with Crippen molar-refractivity contribution in [2.24, 2.45) is 0 Å². The van der Waals surface area contributed by atoms with E-state index in [0.29, 0.717) is 34.8 Å². The largest absolute Gasteiger partial charge is 0.491 e. The zero-order valence-electron chi connectivity index (χ0n) is 23.4. The summed E-state index contributed by atoms with van der Waals surface area (Å²) < 4.78 is 51.7. The Morgan fingerprint density at radius 1 is 0.930 bits per heavy atom. The van der Waals surface area contributed by atoms with E-state index in [1.54, 1.807) is 26.2 Å². The number of halogens is 2. The number of carbonyl (C=O) groups is 1. The number of benzene rings is 2. The SMILES string of the molecule is COCCOc1nc2c(Oc3ccc(NC(=O)c4ccc(C)n(-c5ccc(F)cc5)c4=O)cc3F)ccnc2cc1OC. The van der Waals surface area contributed by atoms with Gasteiger partial charge in [0.1, 0.15) is 23.5 Å². The lowest BCUT2D eigenvalue weighted by Gasteiger charge is -2.14. The summed E-state index contributed by atoms with van der Waals surface area (Å²) in [6, 6.07) is 15.3. The van der Waals surface area contributed by atoms with Gasteiger partial charge in [-0.1, -0.05) is 0 Å². The van der Waals surface area contributed by atoms with Crippen LogP contribution in [0.5, 0.6) is 23.1 Å². The molecular weight excluding hydrogens is 562 g/mol. The van der Waals surface area contributed by atoms with Gasteiger partial charge >= 0.3 is 0 Å². The number of nitrogens with one attached hydrogen (secondary N) is 1. The summed E-state index contributed by atoms with van der Waals surface area (Å²) in [6.07, 6.45) is 1.48. The summed E-state index contributed by atoms with van der Waals surface area (Å²) in [4.78, 5) is 34.9. The standard InChI is InChI=1S/C31H26F2N4O6/c1-18-4-10-22(31(39)37(18)21-8-5-19(32)6-9-21)29(38)35-20-7-11-25(23(33)16-20)43-26-12-13-34-24-17-27(41-3)30(36-28(24)26)42-15-14-40-2/h4-13,16-17H,14-15H2,1-3H3,(H,35,38). The predicted molar refractivity (Wildman–Crippen MR) is 155 cm³/mol. The number of methoxy groups -OCH3 is 2. The van der Waals surface area contributed by atoms with Crippen LogP contribution in [0, 0.1) is 18.6 Å². The van der Waals surface area contributed by atoms with Gasteiger partial charge in [-0.15, -0.1) is 0 Å². The number of aromatic nitrogens is 3. The average Bonchev–Trinajstić information content (AvgIpc) is 2.99. The third kappa shape index (κ3) is 6.28. The van der Waals surface area contributed by atoms with E-state index in [9.17, 15) is 14.0 Å². The van der Waals surface area contributed by atoms with Crippen LogP contribution in [-0.4, -0.2) is 47.9 Å². The van der Waals surface area contributed by atoms with Gasteiger partial charge in [0.25, 0.3) is 17.3 Å². The lowest BCUT2D eigenvalue weighted by molar-refractivity contribution is 0.102. The molecule has 0 saturated carbocycles. The van der Waals surface area contributed by atoms with Gasteiger partial charge in [0.15, 0.2) is 23.1 Å². The summed E-state index contributed by atoms with van der Waals surface area (Å²) in [7, 11) is 3.02. The van der Waals surface area contributed by atoms with E-state index in [0.717, 1.165) is 6.07 Å². The highest BCUT2D eigenvalue weighted by molar-refractivity contribution is 6.04. The lowest BCUT2D eigenvalue weighted by atomic mass is 10.2. The van der Waals surface area contributed by atoms with Crippen molar-refractivity contribution in [3.8, 4) is 28.8 Å². The van der Waals surface area contributed by atoms with Gasteiger partial charge in [-0.2, -0.15) is 0 Å². The predicted octanol–water partition coefficient (Wildman–Crippen LogP) is 5.45. The molecule has 5 rings (SSSR count). The molecule has 0 unspecified atom stereocenters. The van der Waals surface area contributed by atoms with Gasteiger partial charge in [0, 0.05) is 48.6 Å². The molecule has 43 heavy (non-hydrogen) atoms. The molecule has 5 aromatic rings. The topological polar surface area (TPSA) is 114 Å². The molecule has 0 radical (unpaired) electrons. The number of hydrogen-bond donors (Lipinski definition) is 1. The number of anilines is 1. The molecule has 10 nitrogen and oxygen atoms in total. The minimum atomic E-state index is -0.777. The maximum absolute atomic E-state index is 15.2. The number of aryl methyl sites for hydroxylation is 1. The van der Waals surface area contributed by atoms with Crippen molar-refractivity contribution in [1.29, 1.82) is 0 Å². The van der Waals surface area contributed by atoms with Crippen molar-refractivity contribution in [1.82, 2.24) is 14.5 Å². The summed E-state index contributed by atoms with van der Waals surface area (Å²) in [6.45, 7) is 2.25. The van der Waals surface area contributed by atoms with Crippen LogP contribution in [-0.2, 0) is 4.74 Å². The molecule has 2 aromatic carbocycles. The maximum Gasteiger partial charge on any atom is 0.268 e. The number of amides is 1. The van der Waals surface area contributed by atoms with Crippen LogP contribution < -0.4 is 25.1 Å². The van der Waals surface area contributed by atoms with E-state index in [1.807, 2.05) is 0 Å². The van der Waals surface area contributed by atoms with E-state index < -0.39 is 23.1 Å². The van der Waals surface area contributed by atoms with Crippen LogP contribution in [0.3, 0.4) is 0 Å². The third-order valence-electron chi connectivity index (χ3n) is 6.37. The normalized spacial score (nSPS) is 10.9. The van der Waals surface area contributed by atoms with Gasteiger partial charge in [0.05, 0.1) is 19.2 Å². The number of rotatable bonds is 10. The van der Waals surface area contributed by atoms with E-state index >= 15 is 4.39 Å². The number of pyridine rings is 3. The molecule has 0 aliphatic carbocycles. The number of hydrogen-bond acceptors (Lipinski definition) is 8. The van der Waals surface area contributed by atoms with Crippen LogP contribution in [0.15, 0.2) is 77.7 Å². The number of carbonyl (C=O) groups excluding carboxylic acids is 1. The fourth-order valence-corrected chi connectivity index (χ4v) is 4.26. The quantitative estimate of drug-likeness (QED) is 0.215. The van der Waals surface area contributed by atoms with Gasteiger partial charge in [-0.25, -0.2) is 13.8 Å². The highest BCUT2D eigenvalue weighted by atomic mass is 19.1. The van der Waals surface area contributed by atoms with Crippen molar-refractivity contribution in [3.05, 3.63) is 106 Å². The van der Waals surface area contributed by atoms with E-state index in [1.165, 1.54) is 66.4 Å². The monoisotopic (exact) mass is 588 g/mol. The Balaban J connectivity index is 1.38. The molecule has 0 fully saturated rings. The fourth-order valence-electron chi connectivity index (χ4n) is 4.26. The summed E-state index contributed by atoms with van der Waals surface area (Å²) in [5.41, 5.74) is 1.00. The Bertz CT molecular complexity index is 1860. The van der Waals surface area contributed by atoms with Crippen molar-refractivity contribution in [3.63, 3.8) is 0 Å². The van der Waals surface area contributed by atoms with E-state index in [2.05, 4.69) is 15.3 Å². The molecule has 0 aliphatic rings. The zero-order chi connectivity index (χ0) is 30.5. The second-order valence-electron chi connectivity index (χ2n) is 9.22. The van der Waals surface area contributed by atoms with E-state index in [4.69, 9.17) is 18.9 Å². The second-order valence-corrected chi connectivity index (χ2v) is 9.22. The smallest absolute Gasteiger partial charge is 0.268 e. The average molecular weight is 589 g/mol. The first-order valence-electron chi connectivity index (χ1n) is 13.0. The van der Waals surface area contributed by atoms with Crippen LogP contribution in [0.4, 0.5) is 14.5 Å². The number of fused-ring (bicyclic) bond motifs is 1. The molecule has 0 saturated heterocycles. The molecule has 0 aliphatic heterocycles. The molecule has 3 heterocycles. The van der Waals surface area contributed by atoms with Crippen molar-refractivity contribution < 1.29 is 32.5 Å². The highest BCUT2D eigenvalue weighted by Crippen LogP contribution is 2.35. The minimum absolute atomic E-state index is 0.0967. The van der Waals surface area contributed by atoms with Crippen LogP contribution in [0.25, 0.3) is 16.7 Å². The van der Waals surface area contributed by atoms with Gasteiger partial charge < -0.3 is 24.3 Å². The number of ether oxygens (including phenoxy) is 4. The Kier molecular flexibility index (Phi) is 8.58. The van der Waals surface area contributed by atoms with Gasteiger partial charge in [-0.05, 0) is 55.5 Å². The first-order valence-corrected chi connectivity index (χ1v) is 13.0. The molecule has 0 atom stereocenters. The Morgan fingerprint density at radius 2 is 1.72 bits per heavy atom. The third-order valence-corrected chi connectivity index (χ3v) is 6.37. The van der Waals surface area contributed by atoms with Crippen LogP contribution in [0.2, 0.25) is 0 Å². The molecule has 0 bridgehead atoms. The zero-order valence-corrected chi connectivity index (χ0v) is 23.4. The lowest BCUT2D eigenvalue weighted by Crippen LogP contribution is -2.29. The van der Waals surface area contributed by atoms with E-state index in [-0.39, 0.29) is 35.2 Å². The Labute approximate surface area is 244 Å². The highest BCUT2D eigenvalue weighted by Gasteiger charge is 2.18. The first-order chi connectivity index (χ1) is 20.8. The second kappa shape index (κ2) is 12.7. The molecule has 12 heteroatoms. The van der Waals surface area contributed by atoms with Crippen LogP contribution in [0.1, 0.15) is 16.1 Å². The maximum atomic E-state index is 15.2. The van der Waals surface area contributed by atoms with Crippen molar-refractivity contribution >= 4 is 22.6 Å². The summed E-state index contributed by atoms with van der Waals surface area (Å²) >= 11 is 0. The van der Waals surface area contributed by atoms with Crippen molar-refractivity contribution in [2.45, 2.75) is 6.92 Å². The molecule has 1 amide bonds. The molecule has 0 spiro atoms. The fraction of sp³-hybridized carbons (Fsp3) is 0.161. The molecule has 1 N–H and O–H groups in total. The summed E-state index contributed by atoms with van der Waals surface area (Å²) in [5, 5.41) is 2.54. The van der Waals surface area contributed by atoms with Gasteiger partial charge in [-0.3, -0.25) is 19.1 Å². The molecule has 220 valence electrons. The van der Waals surface area contributed by atoms with Crippen LogP contribution >= 0.6 is 0 Å². The Morgan fingerprint density at radius 3 is 2.44 bits per heavy atom. The van der Waals surface area contributed by atoms with Crippen molar-refractivity contribution in [2.75, 3.05) is 32.8 Å². The molecular formula is C31H26F2N4O6. The Hall–Kier alpha value is -5.36. The van der Waals surface area contributed by atoms with Gasteiger partial charge in [0.2, 0.25) is 0 Å². The molecule has 3 aromatic heterocycles. The summed E-state index contributed by atoms with van der Waals surface area (Å²) in [5.74, 6) is -1.35. The first kappa shape index (κ1) is 29.1. The minimum Gasteiger partial charge on any atom is -0.491 e.